The standard InChI is InChI=1S/C17H18N4O2/c22-16-13-8-11(7-6-10(13)9-18-16)19-17(23)15-12-4-2-1-3-5-14(12)20-21-15/h6-8H,1-5,9H2,(H,18,22)(H,19,23)(H,20,21). The van der Waals surface area contributed by atoms with Crippen LogP contribution in [-0.2, 0) is 19.4 Å². The summed E-state index contributed by atoms with van der Waals surface area (Å²) in [5.41, 5.74) is 4.81. The van der Waals surface area contributed by atoms with Crippen LogP contribution < -0.4 is 10.6 Å². The molecule has 1 aromatic carbocycles. The van der Waals surface area contributed by atoms with Crippen molar-refractivity contribution < 1.29 is 9.59 Å². The first-order valence-corrected chi connectivity index (χ1v) is 8.01. The molecule has 2 aliphatic rings. The van der Waals surface area contributed by atoms with Gasteiger partial charge in [0.1, 0.15) is 0 Å². The highest BCUT2D eigenvalue weighted by Crippen LogP contribution is 2.24. The molecule has 0 bridgehead atoms. The smallest absolute Gasteiger partial charge is 0.276 e. The summed E-state index contributed by atoms with van der Waals surface area (Å²) in [7, 11) is 0. The minimum Gasteiger partial charge on any atom is -0.348 e. The predicted octanol–water partition coefficient (Wildman–Crippen LogP) is 2.17. The molecule has 23 heavy (non-hydrogen) atoms. The number of carbonyl (C=O) groups is 2. The normalized spacial score (nSPS) is 16.3. The fraction of sp³-hybridized carbons (Fsp3) is 0.353. The fourth-order valence-electron chi connectivity index (χ4n) is 3.33. The van der Waals surface area contributed by atoms with Gasteiger partial charge in [-0.1, -0.05) is 12.5 Å². The molecule has 6 nitrogen and oxygen atoms in total. The summed E-state index contributed by atoms with van der Waals surface area (Å²) in [4.78, 5) is 24.3. The molecule has 0 saturated heterocycles. The molecule has 0 spiro atoms. The number of hydrogen-bond donors (Lipinski definition) is 3. The minimum atomic E-state index is -0.220. The molecule has 4 rings (SSSR count). The fourth-order valence-corrected chi connectivity index (χ4v) is 3.33. The monoisotopic (exact) mass is 310 g/mol. The van der Waals surface area contributed by atoms with Crippen LogP contribution in [0.3, 0.4) is 0 Å². The number of nitrogens with one attached hydrogen (secondary N) is 3. The largest absolute Gasteiger partial charge is 0.348 e. The van der Waals surface area contributed by atoms with Crippen LogP contribution >= 0.6 is 0 Å². The molecule has 1 aromatic heterocycles. The summed E-state index contributed by atoms with van der Waals surface area (Å²) in [6, 6.07) is 5.41. The molecule has 3 N–H and O–H groups in total. The van der Waals surface area contributed by atoms with Crippen molar-refractivity contribution in [3.63, 3.8) is 0 Å². The van der Waals surface area contributed by atoms with Crippen molar-refractivity contribution in [2.75, 3.05) is 5.32 Å². The summed E-state index contributed by atoms with van der Waals surface area (Å²) in [6.07, 6.45) is 5.25. The van der Waals surface area contributed by atoms with Crippen molar-refractivity contribution in [1.29, 1.82) is 0 Å². The Bertz CT molecular complexity index is 794. The lowest BCUT2D eigenvalue weighted by molar-refractivity contribution is 0.0964. The van der Waals surface area contributed by atoms with Crippen LogP contribution in [0.5, 0.6) is 0 Å². The van der Waals surface area contributed by atoms with E-state index in [1.807, 2.05) is 12.1 Å². The van der Waals surface area contributed by atoms with E-state index in [2.05, 4.69) is 20.8 Å². The predicted molar refractivity (Wildman–Crippen MR) is 85.4 cm³/mol. The first kappa shape index (κ1) is 14.0. The van der Waals surface area contributed by atoms with Crippen LogP contribution in [0.15, 0.2) is 18.2 Å². The van der Waals surface area contributed by atoms with E-state index in [0.717, 1.165) is 42.5 Å². The number of anilines is 1. The number of H-pyrrole nitrogens is 1. The van der Waals surface area contributed by atoms with Crippen LogP contribution in [0.1, 0.15) is 56.9 Å². The second-order valence-corrected chi connectivity index (χ2v) is 6.10. The molecule has 0 atom stereocenters. The highest BCUT2D eigenvalue weighted by atomic mass is 16.2. The lowest BCUT2D eigenvalue weighted by Crippen LogP contribution is -2.15. The summed E-state index contributed by atoms with van der Waals surface area (Å²) in [6.45, 7) is 0.551. The molecule has 0 radical (unpaired) electrons. The molecule has 118 valence electrons. The summed E-state index contributed by atoms with van der Waals surface area (Å²) < 4.78 is 0. The van der Waals surface area contributed by atoms with Gasteiger partial charge in [-0.25, -0.2) is 0 Å². The van der Waals surface area contributed by atoms with Gasteiger partial charge in [-0.15, -0.1) is 0 Å². The molecular formula is C17H18N4O2. The summed E-state index contributed by atoms with van der Waals surface area (Å²) >= 11 is 0. The maximum absolute atomic E-state index is 12.5. The summed E-state index contributed by atoms with van der Waals surface area (Å²) in [5, 5.41) is 12.8. The molecule has 6 heteroatoms. The van der Waals surface area contributed by atoms with Crippen LogP contribution in [0, 0.1) is 0 Å². The SMILES string of the molecule is O=C1NCc2ccc(NC(=O)c3n[nH]c4c3CCCCC4)cc21. The highest BCUT2D eigenvalue weighted by Gasteiger charge is 2.22. The first-order valence-electron chi connectivity index (χ1n) is 8.01. The third-order valence-corrected chi connectivity index (χ3v) is 4.57. The van der Waals surface area contributed by atoms with Crippen molar-refractivity contribution in [2.45, 2.75) is 38.6 Å². The van der Waals surface area contributed by atoms with Gasteiger partial charge in [0, 0.05) is 29.1 Å². The Morgan fingerprint density at radius 2 is 2.04 bits per heavy atom. The first-order chi connectivity index (χ1) is 11.2. The van der Waals surface area contributed by atoms with Gasteiger partial charge in [-0.3, -0.25) is 14.7 Å². The Morgan fingerprint density at radius 1 is 1.17 bits per heavy atom. The third kappa shape index (κ3) is 2.50. The van der Waals surface area contributed by atoms with Crippen LogP contribution in [0.25, 0.3) is 0 Å². The van der Waals surface area contributed by atoms with Gasteiger partial charge in [-0.05, 0) is 43.4 Å². The zero-order valence-electron chi connectivity index (χ0n) is 12.7. The number of aromatic nitrogens is 2. The van der Waals surface area contributed by atoms with Crippen LogP contribution in [0.2, 0.25) is 0 Å². The van der Waals surface area contributed by atoms with Gasteiger partial charge < -0.3 is 10.6 Å². The van der Waals surface area contributed by atoms with E-state index in [-0.39, 0.29) is 11.8 Å². The van der Waals surface area contributed by atoms with Gasteiger partial charge in [-0.2, -0.15) is 5.10 Å². The number of amides is 2. The van der Waals surface area contributed by atoms with Gasteiger partial charge >= 0.3 is 0 Å². The number of aromatic amines is 1. The molecule has 0 unspecified atom stereocenters. The molecule has 2 amide bonds. The maximum Gasteiger partial charge on any atom is 0.276 e. The van der Waals surface area contributed by atoms with E-state index in [4.69, 9.17) is 0 Å². The van der Waals surface area contributed by atoms with E-state index in [1.165, 1.54) is 6.42 Å². The topological polar surface area (TPSA) is 86.9 Å². The van der Waals surface area contributed by atoms with E-state index in [1.54, 1.807) is 6.07 Å². The second kappa shape index (κ2) is 5.53. The molecule has 2 aromatic rings. The van der Waals surface area contributed by atoms with Crippen molar-refractivity contribution in [3.8, 4) is 0 Å². The Morgan fingerprint density at radius 3 is 2.96 bits per heavy atom. The zero-order valence-corrected chi connectivity index (χ0v) is 12.7. The summed E-state index contributed by atoms with van der Waals surface area (Å²) in [5.74, 6) is -0.313. The molecule has 1 aliphatic heterocycles. The highest BCUT2D eigenvalue weighted by molar-refractivity contribution is 6.05. The van der Waals surface area contributed by atoms with Crippen molar-refractivity contribution >= 4 is 17.5 Å². The number of fused-ring (bicyclic) bond motifs is 2. The minimum absolute atomic E-state index is 0.0928. The number of benzene rings is 1. The van der Waals surface area contributed by atoms with Crippen molar-refractivity contribution in [2.24, 2.45) is 0 Å². The van der Waals surface area contributed by atoms with Crippen molar-refractivity contribution in [3.05, 3.63) is 46.3 Å². The number of rotatable bonds is 2. The van der Waals surface area contributed by atoms with Crippen molar-refractivity contribution in [1.82, 2.24) is 15.5 Å². The van der Waals surface area contributed by atoms with Gasteiger partial charge in [0.15, 0.2) is 5.69 Å². The zero-order chi connectivity index (χ0) is 15.8. The number of carbonyl (C=O) groups excluding carboxylic acids is 2. The molecule has 0 fully saturated rings. The lowest BCUT2D eigenvalue weighted by Gasteiger charge is -2.06. The lowest BCUT2D eigenvalue weighted by atomic mass is 10.1. The number of nitrogens with zero attached hydrogens (tertiary/aromatic N) is 1. The Hall–Kier alpha value is -2.63. The number of aryl methyl sites for hydroxylation is 1. The molecule has 1 aliphatic carbocycles. The van der Waals surface area contributed by atoms with Gasteiger partial charge in [0.05, 0.1) is 0 Å². The number of hydrogen-bond acceptors (Lipinski definition) is 3. The molecule has 2 heterocycles. The van der Waals surface area contributed by atoms with Gasteiger partial charge in [0.2, 0.25) is 0 Å². The Balaban J connectivity index is 1.58. The average Bonchev–Trinajstić information content (AvgIpc) is 3.04. The third-order valence-electron chi connectivity index (χ3n) is 4.57. The Labute approximate surface area is 133 Å². The maximum atomic E-state index is 12.5. The van der Waals surface area contributed by atoms with E-state index in [9.17, 15) is 9.59 Å². The quantitative estimate of drug-likeness (QED) is 0.743. The van der Waals surface area contributed by atoms with E-state index in [0.29, 0.717) is 23.5 Å². The van der Waals surface area contributed by atoms with Gasteiger partial charge in [0.25, 0.3) is 11.8 Å². The van der Waals surface area contributed by atoms with Crippen LogP contribution in [0.4, 0.5) is 5.69 Å². The molecular weight excluding hydrogens is 292 g/mol. The Kier molecular flexibility index (Phi) is 3.37. The van der Waals surface area contributed by atoms with Crippen LogP contribution in [-0.4, -0.2) is 22.0 Å². The molecule has 0 saturated carbocycles. The second-order valence-electron chi connectivity index (χ2n) is 6.10. The van der Waals surface area contributed by atoms with E-state index < -0.39 is 0 Å². The van der Waals surface area contributed by atoms with E-state index >= 15 is 0 Å². The average molecular weight is 310 g/mol.